The summed E-state index contributed by atoms with van der Waals surface area (Å²) in [6, 6.07) is 10.6. The molecule has 2 unspecified atom stereocenters. The average Bonchev–Trinajstić information content (AvgIpc) is 2.28. The summed E-state index contributed by atoms with van der Waals surface area (Å²) in [5.74, 6) is 0.840. The Hall–Kier alpha value is -1.11. The number of fused-ring (bicyclic) bond motifs is 1. The fourth-order valence-corrected chi connectivity index (χ4v) is 3.44. The largest absolute Gasteiger partial charge is 0.299 e. The van der Waals surface area contributed by atoms with E-state index in [0.29, 0.717) is 11.7 Å². The monoisotopic (exact) mass is 200 g/mol. The number of ketones is 1. The first-order valence-corrected chi connectivity index (χ1v) is 5.91. The molecule has 2 saturated carbocycles. The van der Waals surface area contributed by atoms with Crippen LogP contribution >= 0.6 is 0 Å². The Kier molecular flexibility index (Phi) is 1.95. The maximum atomic E-state index is 11.6. The third-order valence-electron chi connectivity index (χ3n) is 4.26. The van der Waals surface area contributed by atoms with Crippen LogP contribution in [-0.4, -0.2) is 5.78 Å². The Labute approximate surface area is 90.5 Å². The molecule has 3 rings (SSSR count). The van der Waals surface area contributed by atoms with Gasteiger partial charge in [0.1, 0.15) is 5.78 Å². The Morgan fingerprint density at radius 2 is 1.93 bits per heavy atom. The van der Waals surface area contributed by atoms with Crippen molar-refractivity contribution in [2.75, 3.05) is 0 Å². The molecule has 1 heteroatoms. The summed E-state index contributed by atoms with van der Waals surface area (Å²) >= 11 is 0. The fourth-order valence-electron chi connectivity index (χ4n) is 3.44. The molecule has 0 saturated heterocycles. The van der Waals surface area contributed by atoms with E-state index in [0.717, 1.165) is 12.8 Å². The highest BCUT2D eigenvalue weighted by molar-refractivity contribution is 5.91. The molecule has 2 atom stereocenters. The van der Waals surface area contributed by atoms with Gasteiger partial charge in [0, 0.05) is 17.8 Å². The zero-order valence-electron chi connectivity index (χ0n) is 8.91. The van der Waals surface area contributed by atoms with Crippen LogP contribution < -0.4 is 0 Å². The highest BCUT2D eigenvalue weighted by atomic mass is 16.1. The van der Waals surface area contributed by atoms with Crippen molar-refractivity contribution < 1.29 is 4.79 Å². The summed E-state index contributed by atoms with van der Waals surface area (Å²) in [5.41, 5.74) is 1.63. The third kappa shape index (κ3) is 1.19. The SMILES string of the molecule is O=C1CC2(c3ccccc3)CCCCC12. The summed E-state index contributed by atoms with van der Waals surface area (Å²) in [5, 5.41) is 0. The number of hydrogen-bond acceptors (Lipinski definition) is 1. The first-order chi connectivity index (χ1) is 7.33. The minimum Gasteiger partial charge on any atom is -0.299 e. The molecule has 1 aromatic rings. The van der Waals surface area contributed by atoms with Crippen LogP contribution in [-0.2, 0) is 10.2 Å². The van der Waals surface area contributed by atoms with Crippen LogP contribution in [0.1, 0.15) is 37.7 Å². The number of Topliss-reactive ketones (excluding diaryl/α,β-unsaturated/α-hetero) is 1. The van der Waals surface area contributed by atoms with Gasteiger partial charge in [0.2, 0.25) is 0 Å². The van der Waals surface area contributed by atoms with Gasteiger partial charge in [-0.1, -0.05) is 43.2 Å². The van der Waals surface area contributed by atoms with Gasteiger partial charge in [0.15, 0.2) is 0 Å². The lowest BCUT2D eigenvalue weighted by Crippen LogP contribution is -2.53. The van der Waals surface area contributed by atoms with Crippen LogP contribution in [0, 0.1) is 5.92 Å². The molecule has 0 spiro atoms. The second-order valence-corrected chi connectivity index (χ2v) is 4.96. The van der Waals surface area contributed by atoms with Gasteiger partial charge in [0.05, 0.1) is 0 Å². The normalized spacial score (nSPS) is 34.4. The van der Waals surface area contributed by atoms with E-state index in [-0.39, 0.29) is 5.41 Å². The van der Waals surface area contributed by atoms with Crippen LogP contribution in [0.15, 0.2) is 30.3 Å². The molecule has 78 valence electrons. The van der Waals surface area contributed by atoms with Crippen LogP contribution in [0.4, 0.5) is 0 Å². The molecule has 0 aromatic heterocycles. The average molecular weight is 200 g/mol. The summed E-state index contributed by atoms with van der Waals surface area (Å²) in [4.78, 5) is 11.6. The van der Waals surface area contributed by atoms with Crippen LogP contribution in [0.3, 0.4) is 0 Å². The molecule has 1 nitrogen and oxygen atoms in total. The van der Waals surface area contributed by atoms with Crippen molar-refractivity contribution in [1.82, 2.24) is 0 Å². The number of carbonyl (C=O) groups is 1. The maximum absolute atomic E-state index is 11.6. The van der Waals surface area contributed by atoms with Crippen LogP contribution in [0.5, 0.6) is 0 Å². The highest BCUT2D eigenvalue weighted by Crippen LogP contribution is 2.54. The van der Waals surface area contributed by atoms with E-state index in [2.05, 4.69) is 30.3 Å². The molecule has 0 radical (unpaired) electrons. The zero-order chi connectivity index (χ0) is 10.3. The molecule has 0 heterocycles. The molecule has 0 aliphatic heterocycles. The predicted molar refractivity (Wildman–Crippen MR) is 59.7 cm³/mol. The Bertz CT molecular complexity index is 382. The zero-order valence-corrected chi connectivity index (χ0v) is 8.91. The van der Waals surface area contributed by atoms with E-state index in [1.54, 1.807) is 0 Å². The molecule has 0 N–H and O–H groups in total. The van der Waals surface area contributed by atoms with Gasteiger partial charge < -0.3 is 0 Å². The van der Waals surface area contributed by atoms with E-state index in [4.69, 9.17) is 0 Å². The van der Waals surface area contributed by atoms with Crippen LogP contribution in [0.25, 0.3) is 0 Å². The summed E-state index contributed by atoms with van der Waals surface area (Å²) in [6.07, 6.45) is 5.66. The van der Waals surface area contributed by atoms with Crippen molar-refractivity contribution >= 4 is 5.78 Å². The molecule has 0 amide bonds. The van der Waals surface area contributed by atoms with E-state index in [1.807, 2.05) is 0 Å². The van der Waals surface area contributed by atoms with Gasteiger partial charge in [-0.25, -0.2) is 0 Å². The van der Waals surface area contributed by atoms with Crippen molar-refractivity contribution in [2.45, 2.75) is 37.5 Å². The predicted octanol–water partition coefficient (Wildman–Crippen LogP) is 3.09. The first-order valence-electron chi connectivity index (χ1n) is 5.91. The lowest BCUT2D eigenvalue weighted by atomic mass is 9.50. The Balaban J connectivity index is 1.99. The minimum atomic E-state index is 0.233. The molecule has 2 aliphatic rings. The molecular weight excluding hydrogens is 184 g/mol. The Morgan fingerprint density at radius 3 is 2.67 bits per heavy atom. The van der Waals surface area contributed by atoms with E-state index >= 15 is 0 Å². The molecule has 2 aliphatic carbocycles. The van der Waals surface area contributed by atoms with Crippen molar-refractivity contribution in [3.8, 4) is 0 Å². The van der Waals surface area contributed by atoms with Crippen molar-refractivity contribution in [3.63, 3.8) is 0 Å². The van der Waals surface area contributed by atoms with Gasteiger partial charge in [-0.3, -0.25) is 4.79 Å². The quantitative estimate of drug-likeness (QED) is 0.680. The first kappa shape index (κ1) is 9.14. The minimum absolute atomic E-state index is 0.233. The smallest absolute Gasteiger partial charge is 0.137 e. The lowest BCUT2D eigenvalue weighted by Gasteiger charge is -2.51. The summed E-state index contributed by atoms with van der Waals surface area (Å²) in [6.45, 7) is 0. The van der Waals surface area contributed by atoms with E-state index in [9.17, 15) is 4.79 Å². The van der Waals surface area contributed by atoms with Gasteiger partial charge in [-0.15, -0.1) is 0 Å². The second-order valence-electron chi connectivity index (χ2n) is 4.96. The van der Waals surface area contributed by atoms with Gasteiger partial charge in [0.25, 0.3) is 0 Å². The van der Waals surface area contributed by atoms with Crippen LogP contribution in [0.2, 0.25) is 0 Å². The third-order valence-corrected chi connectivity index (χ3v) is 4.26. The van der Waals surface area contributed by atoms with Crippen molar-refractivity contribution in [2.24, 2.45) is 5.92 Å². The second kappa shape index (κ2) is 3.19. The van der Waals surface area contributed by atoms with Gasteiger partial charge in [-0.05, 0) is 18.4 Å². The van der Waals surface area contributed by atoms with E-state index in [1.165, 1.54) is 24.8 Å². The number of benzene rings is 1. The molecule has 0 bridgehead atoms. The van der Waals surface area contributed by atoms with E-state index < -0.39 is 0 Å². The molecule has 2 fully saturated rings. The van der Waals surface area contributed by atoms with Gasteiger partial charge >= 0.3 is 0 Å². The topological polar surface area (TPSA) is 17.1 Å². The Morgan fingerprint density at radius 1 is 1.13 bits per heavy atom. The fraction of sp³-hybridized carbons (Fsp3) is 0.500. The molecule has 1 aromatic carbocycles. The maximum Gasteiger partial charge on any atom is 0.137 e. The number of rotatable bonds is 1. The van der Waals surface area contributed by atoms with Crippen molar-refractivity contribution in [3.05, 3.63) is 35.9 Å². The summed E-state index contributed by atoms with van der Waals surface area (Å²) in [7, 11) is 0. The highest BCUT2D eigenvalue weighted by Gasteiger charge is 2.54. The lowest BCUT2D eigenvalue weighted by molar-refractivity contribution is -0.139. The number of hydrogen-bond donors (Lipinski definition) is 0. The molecular formula is C14H16O. The standard InChI is InChI=1S/C14H16O/c15-13-10-14(9-5-4-8-12(13)14)11-6-2-1-3-7-11/h1-3,6-7,12H,4-5,8-10H2. The number of carbonyl (C=O) groups excluding carboxylic acids is 1. The van der Waals surface area contributed by atoms with Gasteiger partial charge in [-0.2, -0.15) is 0 Å². The summed E-state index contributed by atoms with van der Waals surface area (Å²) < 4.78 is 0. The van der Waals surface area contributed by atoms with Crippen molar-refractivity contribution in [1.29, 1.82) is 0 Å². The molecule has 15 heavy (non-hydrogen) atoms.